The van der Waals surface area contributed by atoms with Crippen LogP contribution in [0.1, 0.15) is 23.6 Å². The Kier molecular flexibility index (Phi) is 6.60. The first-order valence-electron chi connectivity index (χ1n) is 10.7. The van der Waals surface area contributed by atoms with Crippen LogP contribution in [0.3, 0.4) is 0 Å². The van der Waals surface area contributed by atoms with Crippen LogP contribution in [0.5, 0.6) is 0 Å². The van der Waals surface area contributed by atoms with Crippen LogP contribution in [0.2, 0.25) is 0 Å². The van der Waals surface area contributed by atoms with Gasteiger partial charge in [0.25, 0.3) is 5.56 Å². The van der Waals surface area contributed by atoms with Crippen molar-refractivity contribution in [3.05, 3.63) is 117 Å². The fourth-order valence-electron chi connectivity index (χ4n) is 3.86. The lowest BCUT2D eigenvalue weighted by Crippen LogP contribution is -2.45. The molecule has 1 heterocycles. The molecule has 32 heavy (non-hydrogen) atoms. The van der Waals surface area contributed by atoms with Gasteiger partial charge in [0.2, 0.25) is 5.91 Å². The van der Waals surface area contributed by atoms with Crippen molar-refractivity contribution in [1.82, 2.24) is 14.9 Å². The first kappa shape index (κ1) is 21.3. The van der Waals surface area contributed by atoms with Gasteiger partial charge in [0.15, 0.2) is 0 Å². The summed E-state index contributed by atoms with van der Waals surface area (Å²) in [7, 11) is 0. The molecule has 162 valence electrons. The van der Waals surface area contributed by atoms with Crippen LogP contribution in [0.4, 0.5) is 0 Å². The number of nitrogens with zero attached hydrogens (tertiary/aromatic N) is 1. The van der Waals surface area contributed by atoms with Crippen molar-refractivity contribution in [2.75, 3.05) is 6.54 Å². The highest BCUT2D eigenvalue weighted by Crippen LogP contribution is 2.14. The van der Waals surface area contributed by atoms with Crippen LogP contribution in [0.25, 0.3) is 10.9 Å². The molecule has 1 unspecified atom stereocenters. The highest BCUT2D eigenvalue weighted by Gasteiger charge is 2.25. The number of carbonyl (C=O) groups excluding carboxylic acids is 1. The van der Waals surface area contributed by atoms with E-state index in [0.29, 0.717) is 17.4 Å². The van der Waals surface area contributed by atoms with Crippen molar-refractivity contribution in [3.63, 3.8) is 0 Å². The number of aromatic nitrogens is 2. The molecule has 0 saturated carbocycles. The number of fused-ring (bicyclic) bond motifs is 1. The molecule has 0 aliphatic carbocycles. The third kappa shape index (κ3) is 4.86. The van der Waals surface area contributed by atoms with E-state index < -0.39 is 17.3 Å². The van der Waals surface area contributed by atoms with Crippen molar-refractivity contribution < 1.29 is 4.79 Å². The van der Waals surface area contributed by atoms with Crippen molar-refractivity contribution in [2.45, 2.75) is 25.3 Å². The van der Waals surface area contributed by atoms with Crippen LogP contribution >= 0.6 is 0 Å². The lowest BCUT2D eigenvalue weighted by molar-refractivity contribution is -0.124. The number of nitrogens with one attached hydrogen (secondary N) is 2. The average Bonchev–Trinajstić information content (AvgIpc) is 2.82. The molecule has 0 radical (unpaired) electrons. The summed E-state index contributed by atoms with van der Waals surface area (Å²) in [5, 5.41) is 3.30. The minimum atomic E-state index is -0.949. The van der Waals surface area contributed by atoms with E-state index >= 15 is 0 Å². The first-order chi connectivity index (χ1) is 15.6. The molecular formula is C26H25N3O3. The molecule has 0 fully saturated rings. The van der Waals surface area contributed by atoms with E-state index in [2.05, 4.69) is 10.3 Å². The molecule has 6 nitrogen and oxygen atoms in total. The number of rotatable bonds is 8. The topological polar surface area (TPSA) is 84.0 Å². The number of aromatic amines is 1. The quantitative estimate of drug-likeness (QED) is 0.424. The summed E-state index contributed by atoms with van der Waals surface area (Å²) >= 11 is 0. The van der Waals surface area contributed by atoms with Gasteiger partial charge in [-0.3, -0.25) is 9.59 Å². The predicted octanol–water partition coefficient (Wildman–Crippen LogP) is 3.22. The Morgan fingerprint density at radius 2 is 1.47 bits per heavy atom. The zero-order chi connectivity index (χ0) is 22.3. The minimum absolute atomic E-state index is 0.243. The van der Waals surface area contributed by atoms with Crippen LogP contribution in [0, 0.1) is 0 Å². The normalized spacial score (nSPS) is 11.9. The second-order valence-corrected chi connectivity index (χ2v) is 7.74. The van der Waals surface area contributed by atoms with Crippen LogP contribution in [-0.2, 0) is 17.6 Å². The summed E-state index contributed by atoms with van der Waals surface area (Å²) in [6, 6.07) is 25.3. The van der Waals surface area contributed by atoms with Gasteiger partial charge in [0.05, 0.1) is 10.9 Å². The van der Waals surface area contributed by atoms with Gasteiger partial charge in [-0.25, -0.2) is 9.36 Å². The number of aryl methyl sites for hydroxylation is 1. The zero-order valence-electron chi connectivity index (χ0n) is 17.7. The van der Waals surface area contributed by atoms with Gasteiger partial charge < -0.3 is 10.3 Å². The van der Waals surface area contributed by atoms with Gasteiger partial charge in [-0.15, -0.1) is 0 Å². The van der Waals surface area contributed by atoms with E-state index in [4.69, 9.17) is 0 Å². The summed E-state index contributed by atoms with van der Waals surface area (Å²) in [4.78, 5) is 41.9. The Morgan fingerprint density at radius 3 is 2.19 bits per heavy atom. The van der Waals surface area contributed by atoms with Gasteiger partial charge >= 0.3 is 5.69 Å². The molecule has 6 heteroatoms. The van der Waals surface area contributed by atoms with Crippen molar-refractivity contribution in [2.24, 2.45) is 0 Å². The Balaban J connectivity index is 1.59. The molecule has 3 aromatic carbocycles. The number of hydrogen-bond donors (Lipinski definition) is 2. The molecule has 2 N–H and O–H groups in total. The molecule has 1 aromatic heterocycles. The van der Waals surface area contributed by atoms with Crippen LogP contribution in [0.15, 0.2) is 94.5 Å². The van der Waals surface area contributed by atoms with Crippen molar-refractivity contribution in [1.29, 1.82) is 0 Å². The molecule has 0 spiro atoms. The second kappa shape index (κ2) is 9.92. The van der Waals surface area contributed by atoms with Gasteiger partial charge in [0, 0.05) is 13.0 Å². The molecule has 0 aliphatic rings. The molecule has 0 saturated heterocycles. The zero-order valence-corrected chi connectivity index (χ0v) is 17.7. The molecule has 0 aliphatic heterocycles. The van der Waals surface area contributed by atoms with Gasteiger partial charge in [-0.1, -0.05) is 72.8 Å². The van der Waals surface area contributed by atoms with E-state index in [0.717, 1.165) is 23.0 Å². The number of carbonyl (C=O) groups is 1. The number of hydrogen-bond acceptors (Lipinski definition) is 3. The summed E-state index contributed by atoms with van der Waals surface area (Å²) in [6.07, 6.45) is 1.84. The Hall–Kier alpha value is -3.93. The third-order valence-electron chi connectivity index (χ3n) is 5.51. The van der Waals surface area contributed by atoms with E-state index in [9.17, 15) is 14.4 Å². The largest absolute Gasteiger partial charge is 0.354 e. The van der Waals surface area contributed by atoms with Gasteiger partial charge in [-0.2, -0.15) is 0 Å². The highest BCUT2D eigenvalue weighted by molar-refractivity contribution is 5.82. The van der Waals surface area contributed by atoms with E-state index in [-0.39, 0.29) is 12.3 Å². The maximum absolute atomic E-state index is 13.2. The van der Waals surface area contributed by atoms with E-state index in [1.54, 1.807) is 24.3 Å². The fraction of sp³-hybridized carbons (Fsp3) is 0.192. The Morgan fingerprint density at radius 1 is 0.844 bits per heavy atom. The number of benzene rings is 3. The van der Waals surface area contributed by atoms with Crippen molar-refractivity contribution >= 4 is 16.8 Å². The Bertz CT molecular complexity index is 1310. The number of H-pyrrole nitrogens is 1. The Labute approximate surface area is 185 Å². The maximum atomic E-state index is 13.2. The summed E-state index contributed by atoms with van der Waals surface area (Å²) in [5.74, 6) is -0.343. The summed E-state index contributed by atoms with van der Waals surface area (Å²) < 4.78 is 1.04. The van der Waals surface area contributed by atoms with Gasteiger partial charge in [0.1, 0.15) is 6.04 Å². The first-order valence-corrected chi connectivity index (χ1v) is 10.7. The minimum Gasteiger partial charge on any atom is -0.354 e. The molecule has 1 amide bonds. The predicted molar refractivity (Wildman–Crippen MR) is 126 cm³/mol. The smallest absolute Gasteiger partial charge is 0.329 e. The summed E-state index contributed by atoms with van der Waals surface area (Å²) in [6.45, 7) is 0.458. The molecule has 4 rings (SSSR count). The average molecular weight is 428 g/mol. The third-order valence-corrected chi connectivity index (χ3v) is 5.51. The highest BCUT2D eigenvalue weighted by atomic mass is 16.2. The van der Waals surface area contributed by atoms with Gasteiger partial charge in [-0.05, 0) is 36.1 Å². The standard InChI is InChI=1S/C26H25N3O3/c30-24(27-17-9-14-19-10-3-1-4-11-19)23(18-20-12-5-2-6-13-20)29-25(31)21-15-7-8-16-22(21)28-26(29)32/h1-8,10-13,15-16,23H,9,14,17-18H2,(H,27,30)(H,28,32). The number of para-hydroxylation sites is 1. The number of amides is 1. The van der Waals surface area contributed by atoms with E-state index in [1.165, 1.54) is 5.56 Å². The fourth-order valence-corrected chi connectivity index (χ4v) is 3.86. The van der Waals surface area contributed by atoms with Crippen molar-refractivity contribution in [3.8, 4) is 0 Å². The molecule has 4 aromatic rings. The molecular weight excluding hydrogens is 402 g/mol. The summed E-state index contributed by atoms with van der Waals surface area (Å²) in [5.41, 5.74) is 1.47. The SMILES string of the molecule is O=C(NCCCc1ccccc1)C(Cc1ccccc1)n1c(=O)[nH]c2ccccc2c1=O. The lowest BCUT2D eigenvalue weighted by Gasteiger charge is -2.19. The molecule has 1 atom stereocenters. The van der Waals surface area contributed by atoms with E-state index in [1.807, 2.05) is 60.7 Å². The monoisotopic (exact) mass is 427 g/mol. The second-order valence-electron chi connectivity index (χ2n) is 7.74. The lowest BCUT2D eigenvalue weighted by atomic mass is 10.0. The van der Waals surface area contributed by atoms with Crippen LogP contribution < -0.4 is 16.6 Å². The molecule has 0 bridgehead atoms. The maximum Gasteiger partial charge on any atom is 0.329 e. The van der Waals surface area contributed by atoms with Crippen LogP contribution in [-0.4, -0.2) is 22.0 Å².